The van der Waals surface area contributed by atoms with Crippen molar-refractivity contribution in [2.24, 2.45) is 0 Å². The largest absolute Gasteiger partial charge is 0.497 e. The van der Waals surface area contributed by atoms with Gasteiger partial charge in [0.05, 0.1) is 19.3 Å². The van der Waals surface area contributed by atoms with Crippen LogP contribution in [0.4, 0.5) is 20.6 Å². The summed E-state index contributed by atoms with van der Waals surface area (Å²) in [5.74, 6) is 0.134. The third kappa shape index (κ3) is 4.45. The van der Waals surface area contributed by atoms with Crippen LogP contribution >= 0.6 is 0 Å². The van der Waals surface area contributed by atoms with Crippen LogP contribution in [0.15, 0.2) is 42.5 Å². The first kappa shape index (κ1) is 22.6. The van der Waals surface area contributed by atoms with Gasteiger partial charge in [0.25, 0.3) is 0 Å². The summed E-state index contributed by atoms with van der Waals surface area (Å²) in [5.41, 5.74) is 1.85. The Balaban J connectivity index is 1.25. The molecule has 3 aliphatic rings. The number of nitrogens with zero attached hydrogens (tertiary/aromatic N) is 4. The van der Waals surface area contributed by atoms with Crippen molar-refractivity contribution in [1.82, 2.24) is 15.1 Å². The second kappa shape index (κ2) is 9.60. The number of methoxy groups -OCH3 is 1. The first-order valence-corrected chi connectivity index (χ1v) is 11.8. The van der Waals surface area contributed by atoms with E-state index in [1.807, 2.05) is 17.0 Å². The summed E-state index contributed by atoms with van der Waals surface area (Å²) < 4.78 is 20.2. The van der Waals surface area contributed by atoms with Crippen LogP contribution in [0.25, 0.3) is 0 Å². The fourth-order valence-electron chi connectivity index (χ4n) is 4.85. The summed E-state index contributed by atoms with van der Waals surface area (Å²) in [5, 5.41) is 3.36. The van der Waals surface area contributed by atoms with Gasteiger partial charge in [-0.1, -0.05) is 12.1 Å². The second-order valence-corrected chi connectivity index (χ2v) is 8.99. The smallest absolute Gasteiger partial charge is 0.331 e. The number of anilines is 2. The molecule has 2 aromatic carbocycles. The van der Waals surface area contributed by atoms with Crippen molar-refractivity contribution in [3.8, 4) is 5.75 Å². The van der Waals surface area contributed by atoms with Gasteiger partial charge in [-0.25, -0.2) is 9.18 Å². The van der Waals surface area contributed by atoms with Crippen LogP contribution in [0.3, 0.4) is 0 Å². The number of hydrogen-bond donors (Lipinski definition) is 1. The average molecular weight is 468 g/mol. The van der Waals surface area contributed by atoms with E-state index in [2.05, 4.69) is 10.2 Å². The number of rotatable bonds is 6. The minimum atomic E-state index is -0.429. The summed E-state index contributed by atoms with van der Waals surface area (Å²) in [4.78, 5) is 32.8. The molecule has 9 heteroatoms. The van der Waals surface area contributed by atoms with Crippen LogP contribution < -0.4 is 19.9 Å². The maximum Gasteiger partial charge on any atom is 0.331 e. The van der Waals surface area contributed by atoms with Gasteiger partial charge in [0.2, 0.25) is 5.91 Å². The zero-order chi connectivity index (χ0) is 23.7. The highest BCUT2D eigenvalue weighted by molar-refractivity contribution is 6.05. The Labute approximate surface area is 198 Å². The van der Waals surface area contributed by atoms with Gasteiger partial charge in [0.15, 0.2) is 0 Å². The van der Waals surface area contributed by atoms with Crippen molar-refractivity contribution < 1.29 is 18.7 Å². The van der Waals surface area contributed by atoms with Gasteiger partial charge >= 0.3 is 6.03 Å². The number of carbonyl (C=O) groups excluding carboxylic acids is 2. The van der Waals surface area contributed by atoms with E-state index in [9.17, 15) is 9.59 Å². The zero-order valence-corrected chi connectivity index (χ0v) is 19.4. The summed E-state index contributed by atoms with van der Waals surface area (Å²) in [7, 11) is 1.59. The molecule has 5 rings (SSSR count). The van der Waals surface area contributed by atoms with E-state index in [-0.39, 0.29) is 31.2 Å². The molecule has 0 bridgehead atoms. The third-order valence-corrected chi connectivity index (χ3v) is 6.93. The highest BCUT2D eigenvalue weighted by Gasteiger charge is 2.35. The van der Waals surface area contributed by atoms with E-state index in [1.54, 1.807) is 31.4 Å². The van der Waals surface area contributed by atoms with Crippen LogP contribution in [-0.2, 0) is 11.3 Å². The van der Waals surface area contributed by atoms with Crippen molar-refractivity contribution in [2.45, 2.75) is 19.0 Å². The predicted molar refractivity (Wildman–Crippen MR) is 128 cm³/mol. The van der Waals surface area contributed by atoms with E-state index in [0.717, 1.165) is 44.8 Å². The standard InChI is InChI=1S/C25H30FN5O3/c1-34-21-5-2-18(3-6-21)15-31-24(32)8-11-30(25(31)33)19-4-7-23(22(26)14-19)29-16-20(17-29)28-12-9-27-10-13-28/h2-7,14,20,27H,8-13,15-17H2,1H3. The molecule has 0 aromatic heterocycles. The lowest BCUT2D eigenvalue weighted by Gasteiger charge is -2.48. The lowest BCUT2D eigenvalue weighted by Crippen LogP contribution is -2.63. The number of amides is 3. The van der Waals surface area contributed by atoms with Gasteiger partial charge in [-0.3, -0.25) is 19.5 Å². The van der Waals surface area contributed by atoms with Crippen molar-refractivity contribution in [3.63, 3.8) is 0 Å². The van der Waals surface area contributed by atoms with Crippen molar-refractivity contribution >= 4 is 23.3 Å². The fraction of sp³-hybridized carbons (Fsp3) is 0.440. The zero-order valence-electron chi connectivity index (χ0n) is 19.4. The minimum absolute atomic E-state index is 0.167. The van der Waals surface area contributed by atoms with Gasteiger partial charge in [-0.2, -0.15) is 0 Å². The van der Waals surface area contributed by atoms with Crippen molar-refractivity contribution in [1.29, 1.82) is 0 Å². The lowest BCUT2D eigenvalue weighted by molar-refractivity contribution is -0.129. The highest BCUT2D eigenvalue weighted by Crippen LogP contribution is 2.31. The normalized spacial score (nSPS) is 20.0. The molecule has 3 fully saturated rings. The molecule has 180 valence electrons. The average Bonchev–Trinajstić information content (AvgIpc) is 2.83. The molecular formula is C25H30FN5O3. The first-order chi connectivity index (χ1) is 16.5. The van der Waals surface area contributed by atoms with Gasteiger partial charge in [-0.15, -0.1) is 0 Å². The lowest BCUT2D eigenvalue weighted by atomic mass is 10.0. The molecule has 0 radical (unpaired) electrons. The Hall–Kier alpha value is -3.17. The first-order valence-electron chi connectivity index (χ1n) is 11.8. The monoisotopic (exact) mass is 467 g/mol. The molecule has 3 saturated heterocycles. The number of piperazine rings is 1. The molecule has 2 aromatic rings. The highest BCUT2D eigenvalue weighted by atomic mass is 19.1. The minimum Gasteiger partial charge on any atom is -0.497 e. The number of halogens is 1. The van der Waals surface area contributed by atoms with Gasteiger partial charge in [-0.05, 0) is 35.9 Å². The molecule has 1 N–H and O–H groups in total. The van der Waals surface area contributed by atoms with Crippen LogP contribution in [0.2, 0.25) is 0 Å². The molecule has 3 aliphatic heterocycles. The van der Waals surface area contributed by atoms with Crippen molar-refractivity contribution in [3.05, 3.63) is 53.8 Å². The maximum absolute atomic E-state index is 15.1. The summed E-state index contributed by atoms with van der Waals surface area (Å²) in [6.45, 7) is 6.09. The van der Waals surface area contributed by atoms with E-state index in [0.29, 0.717) is 23.2 Å². The van der Waals surface area contributed by atoms with Crippen LogP contribution in [0.5, 0.6) is 5.75 Å². The van der Waals surface area contributed by atoms with Crippen LogP contribution in [0, 0.1) is 5.82 Å². The number of nitrogens with one attached hydrogen (secondary N) is 1. The molecule has 3 amide bonds. The molecule has 3 heterocycles. The molecule has 34 heavy (non-hydrogen) atoms. The Morgan fingerprint density at radius 2 is 1.76 bits per heavy atom. The summed E-state index contributed by atoms with van der Waals surface area (Å²) in [6, 6.07) is 12.2. The van der Waals surface area contributed by atoms with Crippen LogP contribution in [-0.4, -0.2) is 80.7 Å². The Kier molecular flexibility index (Phi) is 6.38. The number of benzene rings is 2. The van der Waals surface area contributed by atoms with E-state index >= 15 is 4.39 Å². The molecule has 8 nitrogen and oxygen atoms in total. The molecule has 0 spiro atoms. The van der Waals surface area contributed by atoms with E-state index < -0.39 is 6.03 Å². The number of hydrogen-bond acceptors (Lipinski definition) is 6. The van der Waals surface area contributed by atoms with Gasteiger partial charge in [0.1, 0.15) is 11.6 Å². The molecule has 0 saturated carbocycles. The number of imide groups is 1. The summed E-state index contributed by atoms with van der Waals surface area (Å²) in [6.07, 6.45) is 0.198. The number of urea groups is 1. The molecule has 0 unspecified atom stereocenters. The van der Waals surface area contributed by atoms with Crippen LogP contribution in [0.1, 0.15) is 12.0 Å². The number of ether oxygens (including phenoxy) is 1. The quantitative estimate of drug-likeness (QED) is 0.703. The summed E-state index contributed by atoms with van der Waals surface area (Å²) >= 11 is 0. The fourth-order valence-corrected chi connectivity index (χ4v) is 4.85. The molecule has 0 atom stereocenters. The number of carbonyl (C=O) groups is 2. The van der Waals surface area contributed by atoms with Gasteiger partial charge < -0.3 is 15.0 Å². The topological polar surface area (TPSA) is 68.4 Å². The Morgan fingerprint density at radius 3 is 2.44 bits per heavy atom. The Morgan fingerprint density at radius 1 is 1.03 bits per heavy atom. The Bertz CT molecular complexity index is 1050. The van der Waals surface area contributed by atoms with E-state index in [1.165, 1.54) is 15.9 Å². The second-order valence-electron chi connectivity index (χ2n) is 8.99. The van der Waals surface area contributed by atoms with E-state index in [4.69, 9.17) is 4.74 Å². The third-order valence-electron chi connectivity index (χ3n) is 6.93. The van der Waals surface area contributed by atoms with Crippen molar-refractivity contribution in [2.75, 3.05) is 62.7 Å². The molecular weight excluding hydrogens is 437 g/mol. The maximum atomic E-state index is 15.1. The van der Waals surface area contributed by atoms with Gasteiger partial charge in [0, 0.05) is 64.0 Å². The SMILES string of the molecule is COc1ccc(CN2C(=O)CCN(c3ccc(N4CC(N5CCNCC5)C4)c(F)c3)C2=O)cc1. The molecule has 0 aliphatic carbocycles. The predicted octanol–water partition coefficient (Wildman–Crippen LogP) is 2.29.